The Morgan fingerprint density at radius 3 is 2.37 bits per heavy atom. The summed E-state index contributed by atoms with van der Waals surface area (Å²) in [6.45, 7) is 0. The Kier molecular flexibility index (Phi) is 2.37. The van der Waals surface area contributed by atoms with Gasteiger partial charge < -0.3 is 10.7 Å². The number of benzene rings is 1. The predicted octanol–water partition coefficient (Wildman–Crippen LogP) is 2.02. The minimum atomic E-state index is -1.07. The molecule has 0 aliphatic heterocycles. The number of fused-ring (bicyclic) bond motifs is 1. The van der Waals surface area contributed by atoms with Gasteiger partial charge in [-0.15, -0.1) is 0 Å². The number of imidazole rings is 1. The molecule has 2 heterocycles. The van der Waals surface area contributed by atoms with Gasteiger partial charge in [-0.25, -0.2) is 28.1 Å². The number of nitrogen functional groups attached to an aromatic ring is 1. The molecule has 0 unspecified atom stereocenters. The summed E-state index contributed by atoms with van der Waals surface area (Å²) in [5.41, 5.74) is 5.54. The second-order valence-corrected chi connectivity index (χ2v) is 3.79. The maximum Gasteiger partial charge on any atom is 0.183 e. The lowest BCUT2D eigenvalue weighted by atomic mass is 10.2. The smallest absolute Gasteiger partial charge is 0.183 e. The molecule has 1 aromatic carbocycles. The highest BCUT2D eigenvalue weighted by Gasteiger charge is 2.18. The van der Waals surface area contributed by atoms with Crippen LogP contribution >= 0.6 is 0 Å². The average Bonchev–Trinajstić information content (AvgIpc) is 2.72. The molecule has 0 aliphatic carbocycles. The van der Waals surface area contributed by atoms with Gasteiger partial charge in [-0.1, -0.05) is 0 Å². The van der Waals surface area contributed by atoms with Crippen molar-refractivity contribution < 1.29 is 13.2 Å². The number of H-pyrrole nitrogens is 1. The Morgan fingerprint density at radius 1 is 1.05 bits per heavy atom. The molecule has 0 bridgehead atoms. The Hall–Kier alpha value is -2.64. The van der Waals surface area contributed by atoms with Crippen LogP contribution in [0, 0.1) is 17.5 Å². The fourth-order valence-electron chi connectivity index (χ4n) is 1.73. The number of halogens is 3. The van der Waals surface area contributed by atoms with Crippen molar-refractivity contribution in [1.29, 1.82) is 0 Å². The number of anilines is 1. The van der Waals surface area contributed by atoms with Crippen molar-refractivity contribution in [3.05, 3.63) is 35.9 Å². The highest BCUT2D eigenvalue weighted by Crippen LogP contribution is 2.27. The topological polar surface area (TPSA) is 80.5 Å². The molecule has 3 aromatic rings. The number of nitrogens with zero attached hydrogens (tertiary/aromatic N) is 3. The third-order valence-corrected chi connectivity index (χ3v) is 2.56. The number of aromatic nitrogens is 4. The molecule has 0 amide bonds. The lowest BCUT2D eigenvalue weighted by Crippen LogP contribution is -1.94. The molecule has 0 spiro atoms. The Morgan fingerprint density at radius 2 is 1.74 bits per heavy atom. The van der Waals surface area contributed by atoms with Crippen LogP contribution in [0.5, 0.6) is 0 Å². The van der Waals surface area contributed by atoms with Crippen molar-refractivity contribution in [2.75, 3.05) is 5.73 Å². The highest BCUT2D eigenvalue weighted by atomic mass is 19.1. The van der Waals surface area contributed by atoms with Crippen molar-refractivity contribution in [1.82, 2.24) is 19.9 Å². The van der Waals surface area contributed by atoms with E-state index in [0.717, 1.165) is 0 Å². The van der Waals surface area contributed by atoms with Crippen LogP contribution in [0.15, 0.2) is 18.5 Å². The molecule has 0 atom stereocenters. The number of rotatable bonds is 1. The second-order valence-electron chi connectivity index (χ2n) is 3.79. The van der Waals surface area contributed by atoms with Gasteiger partial charge in [0.2, 0.25) is 0 Å². The van der Waals surface area contributed by atoms with Gasteiger partial charge in [0.05, 0.1) is 5.56 Å². The van der Waals surface area contributed by atoms with Crippen LogP contribution in [-0.2, 0) is 0 Å². The fraction of sp³-hybridized carbons (Fsp3) is 0. The zero-order valence-corrected chi connectivity index (χ0v) is 9.28. The zero-order chi connectivity index (χ0) is 13.6. The van der Waals surface area contributed by atoms with Gasteiger partial charge in [-0.2, -0.15) is 0 Å². The molecule has 19 heavy (non-hydrogen) atoms. The van der Waals surface area contributed by atoms with E-state index in [9.17, 15) is 13.2 Å². The Labute approximate surface area is 104 Å². The molecule has 0 fully saturated rings. The van der Waals surface area contributed by atoms with E-state index in [1.807, 2.05) is 0 Å². The molecule has 96 valence electrons. The van der Waals surface area contributed by atoms with E-state index >= 15 is 0 Å². The third kappa shape index (κ3) is 1.77. The van der Waals surface area contributed by atoms with Gasteiger partial charge in [0.25, 0.3) is 0 Å². The number of nitrogens with one attached hydrogen (secondary N) is 1. The largest absolute Gasteiger partial charge is 0.382 e. The first-order chi connectivity index (χ1) is 9.06. The Bertz CT molecular complexity index is 760. The first kappa shape index (κ1) is 11.5. The van der Waals surface area contributed by atoms with Crippen molar-refractivity contribution in [2.24, 2.45) is 0 Å². The normalized spacial score (nSPS) is 11.1. The van der Waals surface area contributed by atoms with Crippen molar-refractivity contribution >= 4 is 17.0 Å². The molecule has 3 rings (SSSR count). The van der Waals surface area contributed by atoms with Crippen LogP contribution < -0.4 is 5.73 Å². The summed E-state index contributed by atoms with van der Waals surface area (Å²) in [7, 11) is 0. The van der Waals surface area contributed by atoms with Gasteiger partial charge >= 0.3 is 0 Å². The predicted molar refractivity (Wildman–Crippen MR) is 61.4 cm³/mol. The van der Waals surface area contributed by atoms with Crippen LogP contribution in [0.1, 0.15) is 0 Å². The molecule has 3 N–H and O–H groups in total. The second kappa shape index (κ2) is 3.94. The van der Waals surface area contributed by atoms with Crippen LogP contribution in [0.4, 0.5) is 19.0 Å². The van der Waals surface area contributed by atoms with Crippen LogP contribution in [-0.4, -0.2) is 19.9 Å². The minimum absolute atomic E-state index is 0.103. The summed E-state index contributed by atoms with van der Waals surface area (Å²) in [5, 5.41) is 0. The zero-order valence-electron chi connectivity index (χ0n) is 9.28. The lowest BCUT2D eigenvalue weighted by molar-refractivity contribution is 0.547. The summed E-state index contributed by atoms with van der Waals surface area (Å²) in [5.74, 6) is -3.16. The standard InChI is InChI=1S/C11H6F3N5/c12-4-1-5(13)7(6(14)2-4)10-18-8-9(15)16-3-17-11(8)19-10/h1-3H,(H3,15,16,17,18,19). The van der Waals surface area contributed by atoms with Gasteiger partial charge in [-0.3, -0.25) is 0 Å². The number of nitrogens with two attached hydrogens (primary N) is 1. The van der Waals surface area contributed by atoms with E-state index in [1.54, 1.807) is 0 Å². The first-order valence-electron chi connectivity index (χ1n) is 5.17. The van der Waals surface area contributed by atoms with Crippen molar-refractivity contribution in [3.8, 4) is 11.4 Å². The van der Waals surface area contributed by atoms with E-state index < -0.39 is 23.0 Å². The first-order valence-corrected chi connectivity index (χ1v) is 5.17. The molecule has 8 heteroatoms. The lowest BCUT2D eigenvalue weighted by Gasteiger charge is -2.01. The fourth-order valence-corrected chi connectivity index (χ4v) is 1.73. The molecule has 5 nitrogen and oxygen atoms in total. The SMILES string of the molecule is Nc1ncnc2nc(-c3c(F)cc(F)cc3F)[nH]c12. The summed E-state index contributed by atoms with van der Waals surface area (Å²) < 4.78 is 40.1. The molecule has 0 saturated heterocycles. The molecular weight excluding hydrogens is 259 g/mol. The minimum Gasteiger partial charge on any atom is -0.382 e. The summed E-state index contributed by atoms with van der Waals surface area (Å²) >= 11 is 0. The monoisotopic (exact) mass is 265 g/mol. The maximum absolute atomic E-state index is 13.6. The average molecular weight is 265 g/mol. The highest BCUT2D eigenvalue weighted by molar-refractivity contribution is 5.84. The summed E-state index contributed by atoms with van der Waals surface area (Å²) in [6, 6.07) is 1.14. The van der Waals surface area contributed by atoms with Gasteiger partial charge in [0.15, 0.2) is 11.5 Å². The molecule has 0 radical (unpaired) electrons. The number of hydrogen-bond donors (Lipinski definition) is 2. The third-order valence-electron chi connectivity index (χ3n) is 2.56. The maximum atomic E-state index is 13.6. The molecule has 0 aliphatic rings. The molecule has 2 aromatic heterocycles. The van der Waals surface area contributed by atoms with E-state index in [4.69, 9.17) is 5.73 Å². The van der Waals surface area contributed by atoms with Crippen LogP contribution in [0.25, 0.3) is 22.6 Å². The van der Waals surface area contributed by atoms with Crippen LogP contribution in [0.2, 0.25) is 0 Å². The number of hydrogen-bond acceptors (Lipinski definition) is 4. The molecular formula is C11H6F3N5. The summed E-state index contributed by atoms with van der Waals surface area (Å²) in [4.78, 5) is 14.1. The number of aromatic amines is 1. The van der Waals surface area contributed by atoms with Crippen LogP contribution in [0.3, 0.4) is 0 Å². The Balaban J connectivity index is 2.28. The van der Waals surface area contributed by atoms with Crippen molar-refractivity contribution in [2.45, 2.75) is 0 Å². The van der Waals surface area contributed by atoms with E-state index in [2.05, 4.69) is 19.9 Å². The van der Waals surface area contributed by atoms with Crippen molar-refractivity contribution in [3.63, 3.8) is 0 Å². The van der Waals surface area contributed by atoms with E-state index in [-0.39, 0.29) is 22.8 Å². The quantitative estimate of drug-likeness (QED) is 0.705. The van der Waals surface area contributed by atoms with Gasteiger partial charge in [-0.05, 0) is 0 Å². The molecule has 0 saturated carbocycles. The van der Waals surface area contributed by atoms with E-state index in [0.29, 0.717) is 12.1 Å². The van der Waals surface area contributed by atoms with Gasteiger partial charge in [0.1, 0.15) is 35.1 Å². The summed E-state index contributed by atoms with van der Waals surface area (Å²) in [6.07, 6.45) is 1.18. The van der Waals surface area contributed by atoms with Gasteiger partial charge in [0, 0.05) is 12.1 Å². The van der Waals surface area contributed by atoms with E-state index in [1.165, 1.54) is 6.33 Å².